The first-order valence-corrected chi connectivity index (χ1v) is 17.1. The lowest BCUT2D eigenvalue weighted by Crippen LogP contribution is -2.29. The Bertz CT molecular complexity index is 1930. The Kier molecular flexibility index (Phi) is 9.23. The molecule has 236 valence electrons. The molecule has 0 spiro atoms. The fraction of sp³-hybridized carbons (Fsp3) is 0.286. The normalized spacial score (nSPS) is 16.1. The Morgan fingerprint density at radius 1 is 1.00 bits per heavy atom. The number of thioether (sulfide) groups is 1. The molecule has 0 radical (unpaired) electrons. The molecule has 2 aromatic carbocycles. The molecule has 1 aliphatic rings. The van der Waals surface area contributed by atoms with E-state index in [1.54, 1.807) is 0 Å². The molecule has 1 unspecified atom stereocenters. The number of aromatic nitrogens is 4. The number of carbonyl (C=O) groups is 2. The monoisotopic (exact) mass is 653 g/mol. The largest absolute Gasteiger partial charge is 0.505 e. The third kappa shape index (κ3) is 6.17. The number of anilines is 1. The molecule has 5 aromatic rings. The van der Waals surface area contributed by atoms with Gasteiger partial charge in [-0.15, -0.1) is 10.2 Å². The van der Waals surface area contributed by atoms with Crippen LogP contribution < -0.4 is 9.64 Å². The number of nitrogens with zero attached hydrogens (tertiary/aromatic N) is 5. The molecule has 4 heterocycles. The molecule has 1 saturated heterocycles. The number of aliphatic hydroxyl groups is 1. The van der Waals surface area contributed by atoms with Gasteiger partial charge in [0.25, 0.3) is 5.78 Å². The Balaban J connectivity index is 1.39. The number of fused-ring (bicyclic) bond motifs is 1. The van der Waals surface area contributed by atoms with Crippen molar-refractivity contribution in [1.82, 2.24) is 19.6 Å². The number of ketones is 1. The van der Waals surface area contributed by atoms with Crippen LogP contribution in [0.2, 0.25) is 0 Å². The number of benzene rings is 2. The predicted molar refractivity (Wildman–Crippen MR) is 182 cm³/mol. The number of pyridine rings is 1. The first-order chi connectivity index (χ1) is 22.3. The van der Waals surface area contributed by atoms with Gasteiger partial charge in [0.2, 0.25) is 5.13 Å². The third-order valence-corrected chi connectivity index (χ3v) is 10.2. The summed E-state index contributed by atoms with van der Waals surface area (Å²) in [6.07, 6.45) is 5.00. The second-order valence-corrected chi connectivity index (χ2v) is 13.5. The number of imidazole rings is 1. The summed E-state index contributed by atoms with van der Waals surface area (Å²) in [6, 6.07) is 18.4. The minimum atomic E-state index is -0.942. The summed E-state index contributed by atoms with van der Waals surface area (Å²) < 4.78 is 8.44. The molecule has 9 nitrogen and oxygen atoms in total. The van der Waals surface area contributed by atoms with E-state index in [0.717, 1.165) is 30.4 Å². The van der Waals surface area contributed by atoms with E-state index in [2.05, 4.69) is 41.4 Å². The van der Waals surface area contributed by atoms with Crippen LogP contribution in [0.25, 0.3) is 11.4 Å². The number of rotatable bonds is 11. The second-order valence-electron chi connectivity index (χ2n) is 11.3. The highest BCUT2D eigenvalue weighted by Gasteiger charge is 2.49. The quantitative estimate of drug-likeness (QED) is 0.0388. The number of amides is 1. The van der Waals surface area contributed by atoms with Crippen molar-refractivity contribution in [2.75, 3.05) is 11.5 Å². The van der Waals surface area contributed by atoms with E-state index in [4.69, 9.17) is 9.72 Å². The van der Waals surface area contributed by atoms with E-state index in [1.807, 2.05) is 67.8 Å². The molecule has 1 N–H and O–H groups in total. The highest BCUT2D eigenvalue weighted by molar-refractivity contribution is 8.00. The van der Waals surface area contributed by atoms with Gasteiger partial charge in [-0.25, -0.2) is 4.98 Å². The second kappa shape index (κ2) is 13.5. The molecule has 6 rings (SSSR count). The van der Waals surface area contributed by atoms with E-state index in [1.165, 1.54) is 33.6 Å². The van der Waals surface area contributed by atoms with E-state index in [9.17, 15) is 14.7 Å². The van der Waals surface area contributed by atoms with Crippen molar-refractivity contribution in [3.8, 4) is 5.75 Å². The number of Topliss-reactive ketones (excluding diaryl/α,β-unsaturated/α-hetero) is 1. The molecular weight excluding hydrogens is 619 g/mol. The first kappa shape index (κ1) is 31.5. The van der Waals surface area contributed by atoms with E-state index >= 15 is 0 Å². The lowest BCUT2D eigenvalue weighted by atomic mass is 9.96. The van der Waals surface area contributed by atoms with Gasteiger partial charge in [0.05, 0.1) is 23.9 Å². The summed E-state index contributed by atoms with van der Waals surface area (Å²) >= 11 is 2.75. The third-order valence-electron chi connectivity index (χ3n) is 8.05. The maximum Gasteiger partial charge on any atom is 0.301 e. The van der Waals surface area contributed by atoms with E-state index < -0.39 is 17.7 Å². The summed E-state index contributed by atoms with van der Waals surface area (Å²) in [5, 5.41) is 20.7. The Morgan fingerprint density at radius 2 is 1.76 bits per heavy atom. The molecule has 1 atom stereocenters. The molecule has 1 amide bonds. The van der Waals surface area contributed by atoms with Gasteiger partial charge >= 0.3 is 5.91 Å². The van der Waals surface area contributed by atoms with Crippen LogP contribution in [-0.4, -0.2) is 43.0 Å². The van der Waals surface area contributed by atoms with Crippen LogP contribution in [0.4, 0.5) is 5.13 Å². The minimum Gasteiger partial charge on any atom is -0.505 e. The van der Waals surface area contributed by atoms with Gasteiger partial charge in [-0.3, -0.25) is 14.5 Å². The van der Waals surface area contributed by atoms with Crippen LogP contribution in [0.1, 0.15) is 65.9 Å². The van der Waals surface area contributed by atoms with Gasteiger partial charge in [-0.1, -0.05) is 90.9 Å². The maximum absolute atomic E-state index is 13.8. The summed E-state index contributed by atoms with van der Waals surface area (Å²) in [7, 11) is 0. The number of ether oxygens (including phenoxy) is 1. The van der Waals surface area contributed by atoms with Crippen molar-refractivity contribution in [2.24, 2.45) is 0 Å². The zero-order chi connectivity index (χ0) is 32.4. The lowest BCUT2D eigenvalue weighted by molar-refractivity contribution is -0.132. The molecule has 3 aromatic heterocycles. The number of carbonyl (C=O) groups excluding carboxylic acids is 2. The summed E-state index contributed by atoms with van der Waals surface area (Å²) in [6.45, 7) is 8.55. The Hall–Kier alpha value is -4.48. The molecular formula is C35H35N5O4S2. The zero-order valence-electron chi connectivity index (χ0n) is 26.2. The SMILES string of the molecule is CCCCCOc1ccc(C2/C(=C(\O)c3nc4c(C)cccn4c3C)C(=O)C(=O)N2c2nnc(SCc3ccc(C)cc3)s2)cc1. The number of hydrogen-bond donors (Lipinski definition) is 1. The average molecular weight is 654 g/mol. The van der Waals surface area contributed by atoms with Crippen molar-refractivity contribution in [2.45, 2.75) is 63.1 Å². The smallest absolute Gasteiger partial charge is 0.301 e. The molecule has 0 aliphatic carbocycles. The summed E-state index contributed by atoms with van der Waals surface area (Å²) in [5.74, 6) is -0.544. The van der Waals surface area contributed by atoms with Crippen LogP contribution >= 0.6 is 23.1 Å². The van der Waals surface area contributed by atoms with Gasteiger partial charge in [-0.05, 0) is 62.1 Å². The van der Waals surface area contributed by atoms with Crippen LogP contribution in [-0.2, 0) is 15.3 Å². The van der Waals surface area contributed by atoms with Crippen molar-refractivity contribution in [3.63, 3.8) is 0 Å². The number of hydrogen-bond acceptors (Lipinski definition) is 9. The molecule has 0 saturated carbocycles. The molecule has 1 aliphatic heterocycles. The minimum absolute atomic E-state index is 0.0465. The van der Waals surface area contributed by atoms with Gasteiger partial charge in [-0.2, -0.15) is 0 Å². The van der Waals surface area contributed by atoms with Crippen molar-refractivity contribution in [1.29, 1.82) is 0 Å². The van der Waals surface area contributed by atoms with Crippen molar-refractivity contribution >= 4 is 51.3 Å². The average Bonchev–Trinajstić information content (AvgIpc) is 3.74. The van der Waals surface area contributed by atoms with Crippen LogP contribution in [0.5, 0.6) is 5.75 Å². The lowest BCUT2D eigenvalue weighted by Gasteiger charge is -2.22. The highest BCUT2D eigenvalue weighted by atomic mass is 32.2. The van der Waals surface area contributed by atoms with Crippen molar-refractivity contribution in [3.05, 3.63) is 106 Å². The standard InChI is InChI=1S/C35H35N5O4S2/c1-5-6-7-19-44-26-16-14-25(15-17-26)29-27(30(41)28-23(4)39-18-8-9-22(3)32(39)36-28)31(42)33(43)40(29)34-37-38-35(46-34)45-20-24-12-10-21(2)11-13-24/h8-18,29,41H,5-7,19-20H2,1-4H3/b30-27+. The predicted octanol–water partition coefficient (Wildman–Crippen LogP) is 7.60. The highest BCUT2D eigenvalue weighted by Crippen LogP contribution is 2.44. The van der Waals surface area contributed by atoms with Crippen molar-refractivity contribution < 1.29 is 19.4 Å². The molecule has 46 heavy (non-hydrogen) atoms. The first-order valence-electron chi connectivity index (χ1n) is 15.3. The van der Waals surface area contributed by atoms with Gasteiger partial charge in [0, 0.05) is 11.9 Å². The maximum atomic E-state index is 13.8. The summed E-state index contributed by atoms with van der Waals surface area (Å²) in [4.78, 5) is 33.6. The molecule has 0 bridgehead atoms. The number of unbranched alkanes of at least 4 members (excludes halogenated alkanes) is 2. The van der Waals surface area contributed by atoms with E-state index in [0.29, 0.717) is 39.4 Å². The van der Waals surface area contributed by atoms with E-state index in [-0.39, 0.29) is 22.2 Å². The molecule has 1 fully saturated rings. The zero-order valence-corrected chi connectivity index (χ0v) is 27.8. The Morgan fingerprint density at radius 3 is 2.48 bits per heavy atom. The van der Waals surface area contributed by atoms with Gasteiger partial charge in [0.1, 0.15) is 17.1 Å². The van der Waals surface area contributed by atoms with Crippen LogP contribution in [0.3, 0.4) is 0 Å². The number of aryl methyl sites for hydroxylation is 3. The molecule has 11 heteroatoms. The fourth-order valence-electron chi connectivity index (χ4n) is 5.50. The van der Waals surface area contributed by atoms with Gasteiger partial charge in [0.15, 0.2) is 10.1 Å². The van der Waals surface area contributed by atoms with Crippen LogP contribution in [0.15, 0.2) is 76.8 Å². The number of aliphatic hydroxyl groups excluding tert-OH is 1. The fourth-order valence-corrected chi connectivity index (χ4v) is 7.32. The Labute approximate surface area is 276 Å². The topological polar surface area (TPSA) is 110 Å². The van der Waals surface area contributed by atoms with Crippen LogP contribution in [0, 0.1) is 20.8 Å². The van der Waals surface area contributed by atoms with Gasteiger partial charge < -0.3 is 14.2 Å². The summed E-state index contributed by atoms with van der Waals surface area (Å²) in [5.41, 5.74) is 5.40.